The Labute approximate surface area is 134 Å². The van der Waals surface area contributed by atoms with E-state index in [0.29, 0.717) is 5.56 Å². The van der Waals surface area contributed by atoms with Crippen LogP contribution >= 0.6 is 0 Å². The Bertz CT molecular complexity index is 852. The normalized spacial score (nSPS) is 19.4. The third-order valence-corrected chi connectivity index (χ3v) is 3.53. The zero-order valence-electron chi connectivity index (χ0n) is 12.0. The average molecular weight is 334 g/mol. The molecule has 0 unspecified atom stereocenters. The van der Waals surface area contributed by atoms with Gasteiger partial charge in [-0.3, -0.25) is 0 Å². The molecule has 2 aromatic rings. The molecule has 7 heteroatoms. The van der Waals surface area contributed by atoms with Crippen molar-refractivity contribution in [3.63, 3.8) is 0 Å². The maximum absolute atomic E-state index is 13.8. The summed E-state index contributed by atoms with van der Waals surface area (Å²) in [5.74, 6) is 3.64. The van der Waals surface area contributed by atoms with Crippen molar-refractivity contribution in [3.8, 4) is 11.8 Å². The number of alkyl halides is 3. The molecule has 2 aromatic carbocycles. The molecular formula is C17H10F4N2O. The van der Waals surface area contributed by atoms with Crippen molar-refractivity contribution < 1.29 is 22.4 Å². The summed E-state index contributed by atoms with van der Waals surface area (Å²) in [6.45, 7) is 0. The molecule has 1 aliphatic heterocycles. The monoisotopic (exact) mass is 334 g/mol. The molecule has 3 rings (SSSR count). The van der Waals surface area contributed by atoms with Crippen molar-refractivity contribution in [3.05, 3.63) is 65.5 Å². The van der Waals surface area contributed by atoms with Crippen LogP contribution in [0.2, 0.25) is 0 Å². The standard InChI is InChI=1S/C17H10F4N2O/c18-12-6-7-14-13(10-12)16(17(19,20)21,23-15(24)22-14)9-8-11-4-2-1-3-5-11/h1-7,10H,(H2,22,23,24)/t16-/m0/s1. The third-order valence-electron chi connectivity index (χ3n) is 3.53. The second-order valence-corrected chi connectivity index (χ2v) is 5.13. The van der Waals surface area contributed by atoms with Crippen LogP contribution in [0.25, 0.3) is 0 Å². The molecule has 0 aromatic heterocycles. The maximum atomic E-state index is 13.8. The first kappa shape index (κ1) is 15.9. The summed E-state index contributed by atoms with van der Waals surface area (Å²) in [6, 6.07) is 9.71. The summed E-state index contributed by atoms with van der Waals surface area (Å²) in [5.41, 5.74) is -3.28. The Balaban J connectivity index is 2.23. The van der Waals surface area contributed by atoms with Gasteiger partial charge in [-0.1, -0.05) is 30.0 Å². The topological polar surface area (TPSA) is 41.1 Å². The largest absolute Gasteiger partial charge is 0.427 e. The molecule has 0 spiro atoms. The first-order valence-electron chi connectivity index (χ1n) is 6.86. The van der Waals surface area contributed by atoms with E-state index >= 15 is 0 Å². The fourth-order valence-corrected chi connectivity index (χ4v) is 2.41. The van der Waals surface area contributed by atoms with Gasteiger partial charge in [0, 0.05) is 16.8 Å². The molecule has 0 bridgehead atoms. The number of hydrogen-bond acceptors (Lipinski definition) is 1. The first-order valence-corrected chi connectivity index (χ1v) is 6.86. The highest BCUT2D eigenvalue weighted by molar-refractivity contribution is 5.94. The number of hydrogen-bond donors (Lipinski definition) is 2. The molecule has 1 atom stereocenters. The molecule has 2 N–H and O–H groups in total. The lowest BCUT2D eigenvalue weighted by molar-refractivity contribution is -0.178. The Hall–Kier alpha value is -3.01. The molecule has 1 heterocycles. The highest BCUT2D eigenvalue weighted by Crippen LogP contribution is 2.44. The van der Waals surface area contributed by atoms with Gasteiger partial charge in [0.15, 0.2) is 0 Å². The van der Waals surface area contributed by atoms with Crippen LogP contribution in [0.4, 0.5) is 28.0 Å². The van der Waals surface area contributed by atoms with Crippen molar-refractivity contribution >= 4 is 11.7 Å². The van der Waals surface area contributed by atoms with Gasteiger partial charge in [0.1, 0.15) is 5.82 Å². The highest BCUT2D eigenvalue weighted by atomic mass is 19.4. The molecule has 0 radical (unpaired) electrons. The predicted octanol–water partition coefficient (Wildman–Crippen LogP) is 3.77. The molecule has 3 nitrogen and oxygen atoms in total. The van der Waals surface area contributed by atoms with Gasteiger partial charge in [-0.05, 0) is 30.3 Å². The molecule has 0 fully saturated rings. The van der Waals surface area contributed by atoms with E-state index in [9.17, 15) is 22.4 Å². The fourth-order valence-electron chi connectivity index (χ4n) is 2.41. The predicted molar refractivity (Wildman–Crippen MR) is 79.6 cm³/mol. The molecule has 2 amide bonds. The van der Waals surface area contributed by atoms with E-state index in [1.165, 1.54) is 12.1 Å². The zero-order chi connectivity index (χ0) is 17.4. The van der Waals surface area contributed by atoms with Gasteiger partial charge in [-0.25, -0.2) is 9.18 Å². The van der Waals surface area contributed by atoms with Gasteiger partial charge in [0.2, 0.25) is 5.54 Å². The van der Waals surface area contributed by atoms with E-state index in [0.717, 1.165) is 18.2 Å². The minimum atomic E-state index is -4.95. The maximum Gasteiger partial charge on any atom is 0.427 e. The lowest BCUT2D eigenvalue weighted by Crippen LogP contribution is -2.59. The summed E-state index contributed by atoms with van der Waals surface area (Å²) in [4.78, 5) is 11.7. The van der Waals surface area contributed by atoms with Crippen LogP contribution in [0.1, 0.15) is 11.1 Å². The van der Waals surface area contributed by atoms with Gasteiger partial charge in [-0.2, -0.15) is 13.2 Å². The van der Waals surface area contributed by atoms with Crippen LogP contribution in [0.15, 0.2) is 48.5 Å². The number of carbonyl (C=O) groups excluding carboxylic acids is 1. The molecule has 1 aliphatic rings. The van der Waals surface area contributed by atoms with Crippen LogP contribution in [-0.2, 0) is 5.54 Å². The van der Waals surface area contributed by atoms with Gasteiger partial charge in [0.05, 0.1) is 0 Å². The Kier molecular flexibility index (Phi) is 3.68. The van der Waals surface area contributed by atoms with Crippen molar-refractivity contribution in [1.29, 1.82) is 0 Å². The second kappa shape index (κ2) is 5.57. The van der Waals surface area contributed by atoms with Crippen LogP contribution < -0.4 is 10.6 Å². The quantitative estimate of drug-likeness (QED) is 0.559. The number of fused-ring (bicyclic) bond motifs is 1. The molecule has 0 aliphatic carbocycles. The molecule has 0 saturated heterocycles. The van der Waals surface area contributed by atoms with Crippen LogP contribution in [0.5, 0.6) is 0 Å². The lowest BCUT2D eigenvalue weighted by Gasteiger charge is -2.37. The summed E-state index contributed by atoms with van der Waals surface area (Å²) in [6.07, 6.45) is -4.95. The fraction of sp³-hybridized carbons (Fsp3) is 0.118. The Morgan fingerprint density at radius 3 is 2.42 bits per heavy atom. The van der Waals surface area contributed by atoms with E-state index < -0.39 is 29.1 Å². The Morgan fingerprint density at radius 1 is 1.04 bits per heavy atom. The van der Waals surface area contributed by atoms with Crippen LogP contribution in [0.3, 0.4) is 0 Å². The summed E-state index contributed by atoms with van der Waals surface area (Å²) < 4.78 is 55.0. The van der Waals surface area contributed by atoms with Gasteiger partial charge >= 0.3 is 12.2 Å². The van der Waals surface area contributed by atoms with Crippen molar-refractivity contribution in [2.75, 3.05) is 5.32 Å². The molecule has 122 valence electrons. The summed E-state index contributed by atoms with van der Waals surface area (Å²) in [5, 5.41) is 4.04. The number of amides is 2. The first-order chi connectivity index (χ1) is 11.3. The summed E-state index contributed by atoms with van der Waals surface area (Å²) >= 11 is 0. The molecular weight excluding hydrogens is 324 g/mol. The number of urea groups is 1. The van der Waals surface area contributed by atoms with Crippen LogP contribution in [-0.4, -0.2) is 12.2 Å². The third kappa shape index (κ3) is 2.67. The smallest absolute Gasteiger partial charge is 0.310 e. The van der Waals surface area contributed by atoms with E-state index in [4.69, 9.17) is 0 Å². The van der Waals surface area contributed by atoms with Crippen molar-refractivity contribution in [1.82, 2.24) is 5.32 Å². The van der Waals surface area contributed by atoms with Gasteiger partial charge in [-0.15, -0.1) is 0 Å². The molecule has 24 heavy (non-hydrogen) atoms. The SMILES string of the molecule is O=C1Nc2ccc(F)cc2[C@@](C#Cc2ccccc2)(C(F)(F)F)N1. The number of anilines is 1. The van der Waals surface area contributed by atoms with Gasteiger partial charge in [0.25, 0.3) is 0 Å². The number of carbonyl (C=O) groups is 1. The number of halogens is 4. The number of benzene rings is 2. The van der Waals surface area contributed by atoms with E-state index in [1.807, 2.05) is 5.32 Å². The van der Waals surface area contributed by atoms with Gasteiger partial charge < -0.3 is 10.6 Å². The second-order valence-electron chi connectivity index (χ2n) is 5.13. The minimum Gasteiger partial charge on any atom is -0.310 e. The highest BCUT2D eigenvalue weighted by Gasteiger charge is 2.59. The number of nitrogens with one attached hydrogen (secondary N) is 2. The van der Waals surface area contributed by atoms with E-state index in [1.54, 1.807) is 18.2 Å². The van der Waals surface area contributed by atoms with E-state index in [-0.39, 0.29) is 5.69 Å². The summed E-state index contributed by atoms with van der Waals surface area (Å²) in [7, 11) is 0. The van der Waals surface area contributed by atoms with Crippen molar-refractivity contribution in [2.45, 2.75) is 11.7 Å². The van der Waals surface area contributed by atoms with Crippen LogP contribution in [0, 0.1) is 17.7 Å². The number of rotatable bonds is 0. The minimum absolute atomic E-state index is 0.139. The van der Waals surface area contributed by atoms with E-state index in [2.05, 4.69) is 17.2 Å². The Morgan fingerprint density at radius 2 is 1.75 bits per heavy atom. The lowest BCUT2D eigenvalue weighted by atomic mass is 9.86. The van der Waals surface area contributed by atoms with Crippen molar-refractivity contribution in [2.24, 2.45) is 0 Å². The average Bonchev–Trinajstić information content (AvgIpc) is 2.53. The zero-order valence-corrected chi connectivity index (χ0v) is 12.0. The molecule has 0 saturated carbocycles.